The second-order valence-corrected chi connectivity index (χ2v) is 4.84. The van der Waals surface area contributed by atoms with Gasteiger partial charge >= 0.3 is 5.97 Å². The monoisotopic (exact) mass is 227 g/mol. The van der Waals surface area contributed by atoms with Gasteiger partial charge in [-0.3, -0.25) is 4.90 Å². The predicted octanol–water partition coefficient (Wildman–Crippen LogP) is 0.786. The third kappa shape index (κ3) is 2.74. The smallest absolute Gasteiger partial charge is 0.331 e. The summed E-state index contributed by atoms with van der Waals surface area (Å²) in [4.78, 5) is 13.5. The fourth-order valence-corrected chi connectivity index (χ4v) is 3.02. The highest BCUT2D eigenvalue weighted by Gasteiger charge is 2.33. The van der Waals surface area contributed by atoms with E-state index < -0.39 is 12.6 Å². The Hall–Kier alpha value is -0.610. The summed E-state index contributed by atoms with van der Waals surface area (Å²) in [5.74, 6) is -0.0162. The number of nitrogens with zero attached hydrogens (tertiary/aromatic N) is 1. The molecule has 0 aliphatic carbocycles. The normalized spacial score (nSPS) is 30.8. The molecule has 16 heavy (non-hydrogen) atoms. The number of hydrogen-bond acceptors (Lipinski definition) is 4. The van der Waals surface area contributed by atoms with E-state index in [0.29, 0.717) is 18.6 Å². The lowest BCUT2D eigenvalue weighted by atomic mass is 9.84. The maximum atomic E-state index is 10.9. The number of aliphatic hydroxyl groups excluding tert-OH is 1. The number of carbonyl (C=O) groups is 1. The third-order valence-electron chi connectivity index (χ3n) is 3.82. The molecule has 0 spiro atoms. The van der Waals surface area contributed by atoms with Gasteiger partial charge in [-0.25, -0.2) is 4.79 Å². The molecule has 4 heteroatoms. The Kier molecular flexibility index (Phi) is 4.18. The number of fused-ring (bicyclic) bond motifs is 1. The van der Waals surface area contributed by atoms with Crippen molar-refractivity contribution in [3.63, 3.8) is 0 Å². The first kappa shape index (κ1) is 11.9. The highest BCUT2D eigenvalue weighted by atomic mass is 16.5. The van der Waals surface area contributed by atoms with Crippen molar-refractivity contribution in [2.24, 2.45) is 5.92 Å². The van der Waals surface area contributed by atoms with Crippen LogP contribution in [0.25, 0.3) is 0 Å². The molecule has 0 aromatic rings. The summed E-state index contributed by atoms with van der Waals surface area (Å²) >= 11 is 0. The SMILES string of the molecule is O=C(CO)OCC1CCCN2CCCCC12. The Morgan fingerprint density at radius 1 is 1.25 bits per heavy atom. The van der Waals surface area contributed by atoms with Crippen LogP contribution in [0.3, 0.4) is 0 Å². The van der Waals surface area contributed by atoms with E-state index in [0.717, 1.165) is 6.42 Å². The summed E-state index contributed by atoms with van der Waals surface area (Å²) in [6.45, 7) is 2.39. The van der Waals surface area contributed by atoms with Crippen molar-refractivity contribution in [2.45, 2.75) is 38.1 Å². The van der Waals surface area contributed by atoms with Crippen LogP contribution >= 0.6 is 0 Å². The van der Waals surface area contributed by atoms with E-state index in [2.05, 4.69) is 4.90 Å². The zero-order valence-corrected chi connectivity index (χ0v) is 9.73. The van der Waals surface area contributed by atoms with E-state index in [1.54, 1.807) is 0 Å². The molecule has 2 fully saturated rings. The summed E-state index contributed by atoms with van der Waals surface area (Å²) in [6, 6.07) is 0.606. The molecule has 0 amide bonds. The number of piperidine rings is 2. The van der Waals surface area contributed by atoms with E-state index in [1.165, 1.54) is 38.8 Å². The summed E-state index contributed by atoms with van der Waals surface area (Å²) in [5.41, 5.74) is 0. The summed E-state index contributed by atoms with van der Waals surface area (Å²) in [5, 5.41) is 8.61. The highest BCUT2D eigenvalue weighted by Crippen LogP contribution is 2.30. The summed E-state index contributed by atoms with van der Waals surface area (Å²) in [6.07, 6.45) is 6.20. The summed E-state index contributed by atoms with van der Waals surface area (Å²) < 4.78 is 5.06. The molecule has 0 aromatic heterocycles. The Labute approximate surface area is 96.6 Å². The fraction of sp³-hybridized carbons (Fsp3) is 0.917. The molecule has 0 bridgehead atoms. The van der Waals surface area contributed by atoms with Crippen LogP contribution in [0.2, 0.25) is 0 Å². The third-order valence-corrected chi connectivity index (χ3v) is 3.82. The molecule has 0 saturated carbocycles. The van der Waals surface area contributed by atoms with Gasteiger partial charge in [-0.2, -0.15) is 0 Å². The molecular weight excluding hydrogens is 206 g/mol. The van der Waals surface area contributed by atoms with Crippen LogP contribution in [-0.4, -0.2) is 48.3 Å². The molecule has 2 aliphatic rings. The van der Waals surface area contributed by atoms with Crippen LogP contribution in [0, 0.1) is 5.92 Å². The highest BCUT2D eigenvalue weighted by molar-refractivity contribution is 5.70. The zero-order chi connectivity index (χ0) is 11.4. The molecule has 2 saturated heterocycles. The summed E-state index contributed by atoms with van der Waals surface area (Å²) in [7, 11) is 0. The van der Waals surface area contributed by atoms with Crippen molar-refractivity contribution in [1.29, 1.82) is 0 Å². The van der Waals surface area contributed by atoms with Crippen molar-refractivity contribution in [3.05, 3.63) is 0 Å². The molecule has 92 valence electrons. The minimum absolute atomic E-state index is 0.476. The number of rotatable bonds is 3. The predicted molar refractivity (Wildman–Crippen MR) is 60.0 cm³/mol. The average molecular weight is 227 g/mol. The molecule has 2 heterocycles. The first-order valence-corrected chi connectivity index (χ1v) is 6.32. The first-order chi connectivity index (χ1) is 7.81. The van der Waals surface area contributed by atoms with Gasteiger partial charge < -0.3 is 9.84 Å². The van der Waals surface area contributed by atoms with Crippen LogP contribution in [0.15, 0.2) is 0 Å². The number of esters is 1. The molecule has 2 aliphatic heterocycles. The van der Waals surface area contributed by atoms with Gasteiger partial charge in [0.05, 0.1) is 6.61 Å². The molecule has 1 N–H and O–H groups in total. The van der Waals surface area contributed by atoms with Crippen LogP contribution in [0.1, 0.15) is 32.1 Å². The van der Waals surface area contributed by atoms with Gasteiger partial charge in [0.25, 0.3) is 0 Å². The first-order valence-electron chi connectivity index (χ1n) is 6.32. The Balaban J connectivity index is 1.85. The second-order valence-electron chi connectivity index (χ2n) is 4.84. The number of hydrogen-bond donors (Lipinski definition) is 1. The molecule has 2 atom stereocenters. The van der Waals surface area contributed by atoms with Gasteiger partial charge in [0.1, 0.15) is 6.61 Å². The maximum absolute atomic E-state index is 10.9. The Bertz CT molecular complexity index is 242. The van der Waals surface area contributed by atoms with Gasteiger partial charge in [0, 0.05) is 12.0 Å². The van der Waals surface area contributed by atoms with Crippen LogP contribution < -0.4 is 0 Å². The molecule has 2 unspecified atom stereocenters. The lowest BCUT2D eigenvalue weighted by Gasteiger charge is -2.44. The number of carbonyl (C=O) groups excluding carboxylic acids is 1. The van der Waals surface area contributed by atoms with Gasteiger partial charge in [-0.05, 0) is 38.8 Å². The number of aliphatic hydroxyl groups is 1. The minimum atomic E-state index is -0.499. The van der Waals surface area contributed by atoms with Crippen LogP contribution in [0.5, 0.6) is 0 Å². The lowest BCUT2D eigenvalue weighted by molar-refractivity contribution is -0.149. The van der Waals surface area contributed by atoms with Gasteiger partial charge in [0.15, 0.2) is 0 Å². The average Bonchev–Trinajstić information content (AvgIpc) is 2.35. The molecule has 4 nitrogen and oxygen atoms in total. The largest absolute Gasteiger partial charge is 0.464 e. The molecule has 2 rings (SSSR count). The second kappa shape index (κ2) is 5.64. The lowest BCUT2D eigenvalue weighted by Crippen LogP contribution is -2.49. The van der Waals surface area contributed by atoms with Gasteiger partial charge in [0.2, 0.25) is 0 Å². The van der Waals surface area contributed by atoms with Gasteiger partial charge in [-0.1, -0.05) is 6.42 Å². The maximum Gasteiger partial charge on any atom is 0.331 e. The van der Waals surface area contributed by atoms with Crippen LogP contribution in [-0.2, 0) is 9.53 Å². The quantitative estimate of drug-likeness (QED) is 0.724. The van der Waals surface area contributed by atoms with E-state index in [9.17, 15) is 4.79 Å². The van der Waals surface area contributed by atoms with E-state index in [4.69, 9.17) is 9.84 Å². The van der Waals surface area contributed by atoms with E-state index in [1.807, 2.05) is 0 Å². The zero-order valence-electron chi connectivity index (χ0n) is 9.73. The Morgan fingerprint density at radius 2 is 2.06 bits per heavy atom. The van der Waals surface area contributed by atoms with E-state index >= 15 is 0 Å². The van der Waals surface area contributed by atoms with Gasteiger partial charge in [-0.15, -0.1) is 0 Å². The van der Waals surface area contributed by atoms with E-state index in [-0.39, 0.29) is 0 Å². The van der Waals surface area contributed by atoms with Crippen molar-refractivity contribution < 1.29 is 14.6 Å². The number of ether oxygens (including phenoxy) is 1. The van der Waals surface area contributed by atoms with Crippen molar-refractivity contribution in [1.82, 2.24) is 4.90 Å². The van der Waals surface area contributed by atoms with Crippen LogP contribution in [0.4, 0.5) is 0 Å². The molecule has 0 aromatic carbocycles. The standard InChI is InChI=1S/C12H21NO3/c14-8-12(15)16-9-10-4-3-7-13-6-2-1-5-11(10)13/h10-11,14H,1-9H2. The minimum Gasteiger partial charge on any atom is -0.464 e. The Morgan fingerprint density at radius 3 is 2.88 bits per heavy atom. The molecular formula is C12H21NO3. The topological polar surface area (TPSA) is 49.8 Å². The van der Waals surface area contributed by atoms with Crippen molar-refractivity contribution in [2.75, 3.05) is 26.3 Å². The molecule has 0 radical (unpaired) electrons. The van der Waals surface area contributed by atoms with Crippen molar-refractivity contribution >= 4 is 5.97 Å². The fourth-order valence-electron chi connectivity index (χ4n) is 3.02. The van der Waals surface area contributed by atoms with Crippen molar-refractivity contribution in [3.8, 4) is 0 Å².